The maximum absolute atomic E-state index is 5.51. The van der Waals surface area contributed by atoms with Crippen LogP contribution in [0, 0.1) is 6.92 Å². The fourth-order valence-corrected chi connectivity index (χ4v) is 1.85. The average Bonchev–Trinajstić information content (AvgIpc) is 2.55. The molecule has 2 aromatic rings. The highest BCUT2D eigenvalue weighted by molar-refractivity contribution is 5.80. The third kappa shape index (κ3) is 1.64. The van der Waals surface area contributed by atoms with E-state index in [0.717, 1.165) is 16.9 Å². The molecule has 90 valence electrons. The number of hydrogen-bond donors (Lipinski definition) is 0. The van der Waals surface area contributed by atoms with Gasteiger partial charge in [0.15, 0.2) is 5.65 Å². The number of ether oxygens (including phenoxy) is 2. The van der Waals surface area contributed by atoms with Gasteiger partial charge >= 0.3 is 0 Å². The van der Waals surface area contributed by atoms with Crippen LogP contribution in [0.25, 0.3) is 11.0 Å². The molecule has 0 atom stereocenters. The van der Waals surface area contributed by atoms with E-state index in [0.29, 0.717) is 25.7 Å². The highest BCUT2D eigenvalue weighted by atomic mass is 16.5. The molecule has 6 nitrogen and oxygen atoms in total. The lowest BCUT2D eigenvalue weighted by Gasteiger charge is -2.26. The van der Waals surface area contributed by atoms with Gasteiger partial charge in [-0.3, -0.25) is 0 Å². The van der Waals surface area contributed by atoms with Gasteiger partial charge in [-0.05, 0) is 13.8 Å². The first-order chi connectivity index (χ1) is 8.29. The monoisotopic (exact) mass is 234 g/mol. The zero-order chi connectivity index (χ0) is 11.8. The van der Waals surface area contributed by atoms with Crippen LogP contribution in [0.3, 0.4) is 0 Å². The van der Waals surface area contributed by atoms with Gasteiger partial charge in [-0.1, -0.05) is 0 Å². The zero-order valence-electron chi connectivity index (χ0n) is 9.88. The predicted molar refractivity (Wildman–Crippen MR) is 61.1 cm³/mol. The van der Waals surface area contributed by atoms with E-state index in [2.05, 4.69) is 15.1 Å². The molecule has 1 aliphatic rings. The molecule has 0 unspecified atom stereocenters. The van der Waals surface area contributed by atoms with E-state index in [1.54, 1.807) is 6.20 Å². The van der Waals surface area contributed by atoms with E-state index >= 15 is 0 Å². The summed E-state index contributed by atoms with van der Waals surface area (Å²) in [6.07, 6.45) is 1.77. The molecule has 0 spiro atoms. The van der Waals surface area contributed by atoms with Crippen molar-refractivity contribution in [2.75, 3.05) is 19.8 Å². The Labute approximate surface area is 98.6 Å². The summed E-state index contributed by atoms with van der Waals surface area (Å²) in [4.78, 5) is 8.63. The van der Waals surface area contributed by atoms with Gasteiger partial charge < -0.3 is 9.47 Å². The summed E-state index contributed by atoms with van der Waals surface area (Å²) < 4.78 is 12.6. The van der Waals surface area contributed by atoms with E-state index < -0.39 is 0 Å². The normalized spacial score (nSPS) is 16.1. The van der Waals surface area contributed by atoms with E-state index in [9.17, 15) is 0 Å². The molecule has 3 rings (SSSR count). The number of aromatic nitrogens is 4. The number of aryl methyl sites for hydroxylation is 1. The zero-order valence-corrected chi connectivity index (χ0v) is 9.88. The fourth-order valence-electron chi connectivity index (χ4n) is 1.85. The first-order valence-corrected chi connectivity index (χ1v) is 5.72. The van der Waals surface area contributed by atoms with Crippen LogP contribution in [0.2, 0.25) is 0 Å². The number of hydrogen-bond acceptors (Lipinski definition) is 5. The Morgan fingerprint density at radius 2 is 2.35 bits per heavy atom. The largest absolute Gasteiger partial charge is 0.476 e. The van der Waals surface area contributed by atoms with E-state index in [1.807, 2.05) is 18.5 Å². The number of rotatable bonds is 3. The quantitative estimate of drug-likeness (QED) is 0.796. The Bertz CT molecular complexity index is 548. The van der Waals surface area contributed by atoms with Crippen molar-refractivity contribution in [2.24, 2.45) is 0 Å². The summed E-state index contributed by atoms with van der Waals surface area (Å²) in [5.41, 5.74) is 0.828. The maximum Gasteiger partial charge on any atom is 0.244 e. The van der Waals surface area contributed by atoms with Crippen LogP contribution in [-0.4, -0.2) is 39.6 Å². The van der Waals surface area contributed by atoms with E-state index in [-0.39, 0.29) is 6.04 Å². The Morgan fingerprint density at radius 3 is 3.00 bits per heavy atom. The highest BCUT2D eigenvalue weighted by Gasteiger charge is 2.26. The molecule has 0 amide bonds. The lowest BCUT2D eigenvalue weighted by atomic mass is 10.2. The van der Waals surface area contributed by atoms with Crippen LogP contribution in [0.1, 0.15) is 18.8 Å². The minimum absolute atomic E-state index is 0.265. The first-order valence-electron chi connectivity index (χ1n) is 5.72. The van der Waals surface area contributed by atoms with Gasteiger partial charge in [-0.2, -0.15) is 0 Å². The molecular weight excluding hydrogens is 220 g/mol. The Hall–Kier alpha value is -1.69. The molecule has 1 aliphatic heterocycles. The second-order valence-corrected chi connectivity index (χ2v) is 4.03. The summed E-state index contributed by atoms with van der Waals surface area (Å²) in [6.45, 7) is 5.76. The smallest absolute Gasteiger partial charge is 0.244 e. The van der Waals surface area contributed by atoms with Gasteiger partial charge in [0.2, 0.25) is 5.88 Å². The van der Waals surface area contributed by atoms with Crippen molar-refractivity contribution in [3.8, 4) is 5.88 Å². The summed E-state index contributed by atoms with van der Waals surface area (Å²) in [5, 5.41) is 5.32. The molecule has 3 heterocycles. The first kappa shape index (κ1) is 10.5. The van der Waals surface area contributed by atoms with Crippen LogP contribution in [-0.2, 0) is 4.74 Å². The molecule has 6 heteroatoms. The number of nitrogens with zero attached hydrogens (tertiary/aromatic N) is 4. The summed E-state index contributed by atoms with van der Waals surface area (Å²) in [5.74, 6) is 1.34. The lowest BCUT2D eigenvalue weighted by Crippen LogP contribution is -2.31. The van der Waals surface area contributed by atoms with Gasteiger partial charge in [0, 0.05) is 6.20 Å². The maximum atomic E-state index is 5.51. The third-order valence-corrected chi connectivity index (χ3v) is 2.78. The van der Waals surface area contributed by atoms with Crippen molar-refractivity contribution in [3.05, 3.63) is 12.0 Å². The minimum atomic E-state index is 0.265. The molecule has 0 saturated carbocycles. The molecule has 0 aromatic carbocycles. The van der Waals surface area contributed by atoms with Gasteiger partial charge in [0.25, 0.3) is 0 Å². The Kier molecular flexibility index (Phi) is 2.44. The van der Waals surface area contributed by atoms with Crippen molar-refractivity contribution in [1.29, 1.82) is 0 Å². The summed E-state index contributed by atoms with van der Waals surface area (Å²) in [6, 6.07) is 0.265. The minimum Gasteiger partial charge on any atom is -0.476 e. The average molecular weight is 234 g/mol. The second-order valence-electron chi connectivity index (χ2n) is 4.03. The third-order valence-electron chi connectivity index (χ3n) is 2.78. The lowest BCUT2D eigenvalue weighted by molar-refractivity contribution is -0.0273. The van der Waals surface area contributed by atoms with Crippen molar-refractivity contribution >= 4 is 11.0 Å². The Morgan fingerprint density at radius 1 is 1.53 bits per heavy atom. The topological polar surface area (TPSA) is 62.1 Å². The van der Waals surface area contributed by atoms with E-state index in [4.69, 9.17) is 9.47 Å². The molecule has 0 bridgehead atoms. The molecule has 17 heavy (non-hydrogen) atoms. The van der Waals surface area contributed by atoms with Crippen molar-refractivity contribution < 1.29 is 9.47 Å². The summed E-state index contributed by atoms with van der Waals surface area (Å²) in [7, 11) is 0. The molecule has 0 N–H and O–H groups in total. The van der Waals surface area contributed by atoms with Gasteiger partial charge in [-0.25, -0.2) is 14.6 Å². The molecular formula is C11H14N4O2. The van der Waals surface area contributed by atoms with Crippen LogP contribution in [0.15, 0.2) is 6.20 Å². The standard InChI is InChI=1S/C11H14N4O2/c1-3-17-11-9-4-12-7(2)13-10(9)15(14-11)8-5-16-6-8/h4,8H,3,5-6H2,1-2H3. The van der Waals surface area contributed by atoms with Crippen LogP contribution in [0.5, 0.6) is 5.88 Å². The van der Waals surface area contributed by atoms with Crippen molar-refractivity contribution in [2.45, 2.75) is 19.9 Å². The molecule has 0 radical (unpaired) electrons. The molecule has 0 aliphatic carbocycles. The Balaban J connectivity index is 2.15. The molecule has 1 saturated heterocycles. The molecule has 1 fully saturated rings. The van der Waals surface area contributed by atoms with E-state index in [1.165, 1.54) is 0 Å². The predicted octanol–water partition coefficient (Wildman–Crippen LogP) is 1.10. The highest BCUT2D eigenvalue weighted by Crippen LogP contribution is 2.28. The number of fused-ring (bicyclic) bond motifs is 1. The SMILES string of the molecule is CCOc1nn(C2COC2)c2nc(C)ncc12. The van der Waals surface area contributed by atoms with Gasteiger partial charge in [0.05, 0.1) is 19.8 Å². The van der Waals surface area contributed by atoms with Crippen LogP contribution < -0.4 is 4.74 Å². The molecule has 2 aromatic heterocycles. The van der Waals surface area contributed by atoms with Crippen LogP contribution >= 0.6 is 0 Å². The van der Waals surface area contributed by atoms with Crippen LogP contribution in [0.4, 0.5) is 0 Å². The summed E-state index contributed by atoms with van der Waals surface area (Å²) >= 11 is 0. The second kappa shape index (κ2) is 3.96. The van der Waals surface area contributed by atoms with Crippen molar-refractivity contribution in [1.82, 2.24) is 19.7 Å². The fraction of sp³-hybridized carbons (Fsp3) is 0.545. The van der Waals surface area contributed by atoms with Gasteiger partial charge in [-0.15, -0.1) is 5.10 Å². The van der Waals surface area contributed by atoms with Gasteiger partial charge in [0.1, 0.15) is 17.3 Å². The van der Waals surface area contributed by atoms with Crippen molar-refractivity contribution in [3.63, 3.8) is 0 Å².